The summed E-state index contributed by atoms with van der Waals surface area (Å²) in [5, 5.41) is 20.0. The fourth-order valence-electron chi connectivity index (χ4n) is 3.42. The fourth-order valence-corrected chi connectivity index (χ4v) is 3.42. The third-order valence-corrected chi connectivity index (χ3v) is 4.86. The predicted molar refractivity (Wildman–Crippen MR) is 109 cm³/mol. The molecule has 4 N–H and O–H groups in total. The van der Waals surface area contributed by atoms with Crippen LogP contribution in [0.15, 0.2) is 76.9 Å². The number of amidine groups is 1. The Balaban J connectivity index is 1.63. The Bertz CT molecular complexity index is 913. The van der Waals surface area contributed by atoms with Gasteiger partial charge in [0, 0.05) is 23.0 Å². The van der Waals surface area contributed by atoms with Crippen LogP contribution < -0.4 is 16.0 Å². The van der Waals surface area contributed by atoms with Crippen LogP contribution in [-0.4, -0.2) is 23.7 Å². The Morgan fingerprint density at radius 1 is 1.11 bits per heavy atom. The zero-order chi connectivity index (χ0) is 18.8. The van der Waals surface area contributed by atoms with Crippen molar-refractivity contribution >= 4 is 11.5 Å². The predicted octanol–water partition coefficient (Wildman–Crippen LogP) is 3.29. The maximum atomic E-state index is 9.53. The summed E-state index contributed by atoms with van der Waals surface area (Å²) >= 11 is 0. The highest BCUT2D eigenvalue weighted by molar-refractivity contribution is 6.04. The van der Waals surface area contributed by atoms with Gasteiger partial charge in [0.05, 0.1) is 6.54 Å². The van der Waals surface area contributed by atoms with E-state index in [0.29, 0.717) is 6.54 Å². The second kappa shape index (κ2) is 7.19. The first-order chi connectivity index (χ1) is 13.1. The van der Waals surface area contributed by atoms with E-state index in [4.69, 9.17) is 4.99 Å². The van der Waals surface area contributed by atoms with E-state index in [1.54, 1.807) is 12.1 Å². The first-order valence-corrected chi connectivity index (χ1v) is 9.24. The van der Waals surface area contributed by atoms with Gasteiger partial charge >= 0.3 is 0 Å². The maximum Gasteiger partial charge on any atom is 0.132 e. The second-order valence-electron chi connectivity index (χ2n) is 6.93. The lowest BCUT2D eigenvalue weighted by Crippen LogP contribution is -2.43. The molecule has 0 spiro atoms. The molecule has 2 atom stereocenters. The number of aromatic hydroxyl groups is 1. The molecule has 0 saturated carbocycles. The smallest absolute Gasteiger partial charge is 0.132 e. The lowest BCUT2D eigenvalue weighted by atomic mass is 10.00. The number of nitrogens with zero attached hydrogens (tertiary/aromatic N) is 1. The van der Waals surface area contributed by atoms with Gasteiger partial charge < -0.3 is 21.1 Å². The number of phenols is 1. The van der Waals surface area contributed by atoms with Crippen molar-refractivity contribution in [3.63, 3.8) is 0 Å². The molecule has 27 heavy (non-hydrogen) atoms. The second-order valence-corrected chi connectivity index (χ2v) is 6.93. The molecule has 138 valence electrons. The van der Waals surface area contributed by atoms with E-state index in [-0.39, 0.29) is 18.0 Å². The van der Waals surface area contributed by atoms with Gasteiger partial charge in [-0.1, -0.05) is 30.3 Å². The largest absolute Gasteiger partial charge is 0.508 e. The van der Waals surface area contributed by atoms with E-state index in [1.165, 1.54) is 5.56 Å². The number of aliphatic imine (C=N–C) groups is 1. The Kier molecular flexibility index (Phi) is 4.59. The highest BCUT2D eigenvalue weighted by Gasteiger charge is 2.24. The van der Waals surface area contributed by atoms with Crippen molar-refractivity contribution < 1.29 is 5.11 Å². The van der Waals surface area contributed by atoms with Gasteiger partial charge in [0.2, 0.25) is 0 Å². The summed E-state index contributed by atoms with van der Waals surface area (Å²) in [6, 6.07) is 17.8. The molecule has 2 heterocycles. The summed E-state index contributed by atoms with van der Waals surface area (Å²) in [6.07, 6.45) is 2.15. The summed E-state index contributed by atoms with van der Waals surface area (Å²) in [7, 11) is 0. The molecule has 5 nitrogen and oxygen atoms in total. The normalized spacial score (nSPS) is 19.9. The van der Waals surface area contributed by atoms with Gasteiger partial charge in [0.1, 0.15) is 17.8 Å². The molecular weight excluding hydrogens is 336 g/mol. The van der Waals surface area contributed by atoms with E-state index in [1.807, 2.05) is 18.2 Å². The molecular formula is C22H24N4O. The van der Waals surface area contributed by atoms with Crippen LogP contribution in [0.3, 0.4) is 0 Å². The summed E-state index contributed by atoms with van der Waals surface area (Å²) in [5.41, 5.74) is 5.51. The van der Waals surface area contributed by atoms with Gasteiger partial charge in [-0.3, -0.25) is 0 Å². The summed E-state index contributed by atoms with van der Waals surface area (Å²) < 4.78 is 0. The van der Waals surface area contributed by atoms with Crippen molar-refractivity contribution in [2.24, 2.45) is 4.99 Å². The third-order valence-electron chi connectivity index (χ3n) is 4.86. The van der Waals surface area contributed by atoms with Crippen LogP contribution >= 0.6 is 0 Å². The molecule has 0 bridgehead atoms. The quantitative estimate of drug-likeness (QED) is 0.678. The molecule has 0 saturated heterocycles. The number of hydrogen-bond donors (Lipinski definition) is 4. The van der Waals surface area contributed by atoms with Crippen LogP contribution in [0.25, 0.3) is 5.70 Å². The van der Waals surface area contributed by atoms with Crippen molar-refractivity contribution in [3.05, 3.63) is 83.1 Å². The summed E-state index contributed by atoms with van der Waals surface area (Å²) in [5.74, 6) is 1.18. The van der Waals surface area contributed by atoms with Crippen LogP contribution in [0, 0.1) is 0 Å². The van der Waals surface area contributed by atoms with Crippen LogP contribution in [-0.2, 0) is 0 Å². The molecule has 1 unspecified atom stereocenters. The number of phenolic OH excluding ortho intramolecular Hbond substituents is 1. The summed E-state index contributed by atoms with van der Waals surface area (Å²) in [4.78, 5) is 4.80. The molecule has 2 aromatic carbocycles. The topological polar surface area (TPSA) is 68.7 Å². The average Bonchev–Trinajstić information content (AvgIpc) is 2.69. The zero-order valence-corrected chi connectivity index (χ0v) is 15.5. The van der Waals surface area contributed by atoms with Crippen molar-refractivity contribution in [1.29, 1.82) is 0 Å². The molecule has 2 aliphatic rings. The number of rotatable bonds is 3. The van der Waals surface area contributed by atoms with Gasteiger partial charge in [-0.15, -0.1) is 0 Å². The Morgan fingerprint density at radius 3 is 2.59 bits per heavy atom. The summed E-state index contributed by atoms with van der Waals surface area (Å²) in [6.45, 7) is 4.92. The first-order valence-electron chi connectivity index (χ1n) is 9.24. The molecule has 2 aromatic rings. The fraction of sp³-hybridized carbons (Fsp3) is 0.227. The van der Waals surface area contributed by atoms with Crippen molar-refractivity contribution in [2.75, 3.05) is 6.54 Å². The average molecular weight is 360 g/mol. The van der Waals surface area contributed by atoms with E-state index in [9.17, 15) is 5.11 Å². The highest BCUT2D eigenvalue weighted by atomic mass is 16.3. The number of nitrogens with one attached hydrogen (secondary N) is 3. The minimum Gasteiger partial charge on any atom is -0.508 e. The monoisotopic (exact) mass is 360 g/mol. The Hall–Kier alpha value is -3.21. The van der Waals surface area contributed by atoms with Gasteiger partial charge in [-0.2, -0.15) is 0 Å². The van der Waals surface area contributed by atoms with E-state index in [0.717, 1.165) is 28.4 Å². The van der Waals surface area contributed by atoms with Gasteiger partial charge in [0.15, 0.2) is 0 Å². The number of hydrogen-bond acceptors (Lipinski definition) is 5. The molecule has 0 aromatic heterocycles. The minimum absolute atomic E-state index is 0.0274. The Morgan fingerprint density at radius 2 is 1.85 bits per heavy atom. The standard InChI is InChI=1S/C22H24N4O/c1-14(16-6-4-3-5-7-16)24-22-19-12-20(17-8-10-18(27)11-9-17)23-13-21(19)25-15(2)26-22/h3-12,14-15,23,25,27H,13H2,1-2H3,(H,24,26)/t14-,15?/m1/s1. The minimum atomic E-state index is 0.0274. The SMILES string of the molecule is CC1N=C(N[C@H](C)c2ccccc2)C2=C(CNC(c3ccc(O)cc3)=C2)N1. The molecule has 0 fully saturated rings. The van der Waals surface area contributed by atoms with E-state index in [2.05, 4.69) is 60.1 Å². The van der Waals surface area contributed by atoms with Crippen LogP contribution in [0.5, 0.6) is 5.75 Å². The molecule has 0 aliphatic carbocycles. The van der Waals surface area contributed by atoms with E-state index < -0.39 is 0 Å². The van der Waals surface area contributed by atoms with Gasteiger partial charge in [-0.25, -0.2) is 4.99 Å². The molecule has 4 rings (SSSR count). The van der Waals surface area contributed by atoms with Crippen molar-refractivity contribution in [2.45, 2.75) is 26.1 Å². The highest BCUT2D eigenvalue weighted by Crippen LogP contribution is 2.25. The van der Waals surface area contributed by atoms with Crippen LogP contribution in [0.4, 0.5) is 0 Å². The number of benzene rings is 2. The maximum absolute atomic E-state index is 9.53. The lowest BCUT2D eigenvalue weighted by Gasteiger charge is -2.31. The Labute approximate surface area is 159 Å². The van der Waals surface area contributed by atoms with Crippen LogP contribution in [0.2, 0.25) is 0 Å². The van der Waals surface area contributed by atoms with Crippen molar-refractivity contribution in [3.8, 4) is 5.75 Å². The van der Waals surface area contributed by atoms with Crippen molar-refractivity contribution in [1.82, 2.24) is 16.0 Å². The van der Waals surface area contributed by atoms with Crippen LogP contribution in [0.1, 0.15) is 31.0 Å². The number of dihydropyridines is 1. The molecule has 0 radical (unpaired) electrons. The third kappa shape index (κ3) is 3.67. The van der Waals surface area contributed by atoms with E-state index >= 15 is 0 Å². The lowest BCUT2D eigenvalue weighted by molar-refractivity contribution is 0.475. The molecule has 5 heteroatoms. The molecule has 2 aliphatic heterocycles. The zero-order valence-electron chi connectivity index (χ0n) is 15.5. The van der Waals surface area contributed by atoms with Gasteiger partial charge in [0.25, 0.3) is 0 Å². The van der Waals surface area contributed by atoms with Gasteiger partial charge in [-0.05, 0) is 55.3 Å². The molecule has 0 amide bonds. The first kappa shape index (κ1) is 17.2.